The quantitative estimate of drug-likeness (QED) is 0.248. The van der Waals surface area contributed by atoms with Gasteiger partial charge in [-0.1, -0.05) is 23.7 Å². The van der Waals surface area contributed by atoms with Crippen LogP contribution in [0, 0.1) is 0 Å². The molecule has 2 fully saturated rings. The van der Waals surface area contributed by atoms with Crippen LogP contribution in [0.25, 0.3) is 11.0 Å². The lowest BCUT2D eigenvalue weighted by molar-refractivity contribution is -0.0722. The van der Waals surface area contributed by atoms with Crippen LogP contribution in [0.3, 0.4) is 0 Å². The molecule has 2 aromatic heterocycles. The second kappa shape index (κ2) is 11.3. The van der Waals surface area contributed by atoms with E-state index in [4.69, 9.17) is 35.5 Å². The van der Waals surface area contributed by atoms with Gasteiger partial charge in [-0.25, -0.2) is 9.78 Å². The first-order chi connectivity index (χ1) is 21.2. The molecule has 2 aromatic carbocycles. The first-order valence-corrected chi connectivity index (χ1v) is 15.4. The first kappa shape index (κ1) is 28.9. The Bertz CT molecular complexity index is 1710. The van der Waals surface area contributed by atoms with Crippen molar-refractivity contribution >= 4 is 28.6 Å². The van der Waals surface area contributed by atoms with E-state index in [1.54, 1.807) is 31.5 Å². The number of methoxy groups -OCH3 is 1. The van der Waals surface area contributed by atoms with Crippen LogP contribution in [0.4, 0.5) is 0 Å². The Morgan fingerprint density at radius 1 is 1.18 bits per heavy atom. The van der Waals surface area contributed by atoms with Gasteiger partial charge in [0.15, 0.2) is 11.5 Å². The number of carbonyl (C=O) groups is 1. The normalized spacial score (nSPS) is 22.6. The number of pyridine rings is 1. The predicted octanol–water partition coefficient (Wildman–Crippen LogP) is 6.17. The number of piperidine rings is 1. The van der Waals surface area contributed by atoms with Crippen molar-refractivity contribution in [3.8, 4) is 17.2 Å². The summed E-state index contributed by atoms with van der Waals surface area (Å²) in [7, 11) is 1.55. The lowest BCUT2D eigenvalue weighted by Gasteiger charge is -2.37. The van der Waals surface area contributed by atoms with E-state index in [9.17, 15) is 9.90 Å². The van der Waals surface area contributed by atoms with Gasteiger partial charge >= 0.3 is 5.97 Å². The molecule has 2 unspecified atom stereocenters. The lowest BCUT2D eigenvalue weighted by Crippen LogP contribution is -2.37. The van der Waals surface area contributed by atoms with Gasteiger partial charge in [-0.05, 0) is 75.5 Å². The summed E-state index contributed by atoms with van der Waals surface area (Å²) in [5.74, 6) is 1.13. The third kappa shape index (κ3) is 5.04. The Labute approximate surface area is 260 Å². The number of fused-ring (bicyclic) bond motifs is 2. The van der Waals surface area contributed by atoms with Crippen LogP contribution in [0.5, 0.6) is 17.2 Å². The van der Waals surface area contributed by atoms with Gasteiger partial charge < -0.3 is 28.6 Å². The van der Waals surface area contributed by atoms with Crippen molar-refractivity contribution in [3.05, 3.63) is 76.3 Å². The number of carboxylic acids is 1. The molecule has 0 amide bonds. The largest absolute Gasteiger partial charge is 0.494 e. The van der Waals surface area contributed by atoms with E-state index in [1.165, 1.54) is 0 Å². The van der Waals surface area contributed by atoms with E-state index < -0.39 is 11.8 Å². The van der Waals surface area contributed by atoms with Gasteiger partial charge in [-0.2, -0.15) is 0 Å². The minimum Gasteiger partial charge on any atom is -0.494 e. The molecule has 2 saturated heterocycles. The van der Waals surface area contributed by atoms with Crippen molar-refractivity contribution in [1.29, 1.82) is 0 Å². The average Bonchev–Trinajstić information content (AvgIpc) is 3.56. The van der Waals surface area contributed by atoms with Crippen LogP contribution in [-0.2, 0) is 17.1 Å². The number of carboxylic acid groups (broad SMARTS) is 1. The smallest absolute Gasteiger partial charge is 0.335 e. The maximum absolute atomic E-state index is 11.9. The Morgan fingerprint density at radius 3 is 2.64 bits per heavy atom. The molecule has 7 rings (SSSR count). The maximum Gasteiger partial charge on any atom is 0.335 e. The van der Waals surface area contributed by atoms with E-state index in [-0.39, 0.29) is 17.7 Å². The fraction of sp³-hybridized carbons (Fsp3) is 0.424. The molecule has 0 radical (unpaired) electrons. The zero-order valence-corrected chi connectivity index (χ0v) is 25.7. The van der Waals surface area contributed by atoms with Crippen molar-refractivity contribution in [2.75, 3.05) is 26.8 Å². The molecule has 0 bridgehead atoms. The second-order valence-electron chi connectivity index (χ2n) is 11.9. The highest BCUT2D eigenvalue weighted by molar-refractivity contribution is 6.30. The van der Waals surface area contributed by atoms with Gasteiger partial charge in [0.2, 0.25) is 0 Å². The molecule has 230 valence electrons. The van der Waals surface area contributed by atoms with E-state index in [1.807, 2.05) is 25.1 Å². The highest BCUT2D eigenvalue weighted by atomic mass is 35.5. The summed E-state index contributed by atoms with van der Waals surface area (Å²) >= 11 is 6.06. The number of hydrogen-bond donors (Lipinski definition) is 1. The molecule has 3 atom stereocenters. The summed E-state index contributed by atoms with van der Waals surface area (Å²) in [4.78, 5) is 23.8. The van der Waals surface area contributed by atoms with E-state index >= 15 is 0 Å². The van der Waals surface area contributed by atoms with Crippen LogP contribution in [0.1, 0.15) is 72.5 Å². The molecule has 0 spiro atoms. The molecule has 1 N–H and O–H groups in total. The molecular formula is C33H35ClN4O6. The summed E-state index contributed by atoms with van der Waals surface area (Å²) in [5, 5.41) is 10.3. The number of likely N-dealkylation sites (tertiary alicyclic amines) is 1. The molecule has 11 heteroatoms. The first-order valence-electron chi connectivity index (χ1n) is 15.0. The van der Waals surface area contributed by atoms with Crippen molar-refractivity contribution < 1.29 is 28.8 Å². The van der Waals surface area contributed by atoms with Crippen LogP contribution in [0.2, 0.25) is 5.02 Å². The number of ether oxygens (including phenoxy) is 4. The molecule has 3 aliphatic rings. The zero-order chi connectivity index (χ0) is 30.6. The van der Waals surface area contributed by atoms with E-state index in [2.05, 4.69) is 27.4 Å². The number of rotatable bonds is 8. The number of para-hydroxylation sites is 1. The monoisotopic (exact) mass is 618 g/mol. The molecule has 4 aromatic rings. The topological polar surface area (TPSA) is 108 Å². The Kier molecular flexibility index (Phi) is 7.39. The summed E-state index contributed by atoms with van der Waals surface area (Å²) < 4.78 is 26.3. The third-order valence-corrected chi connectivity index (χ3v) is 9.41. The van der Waals surface area contributed by atoms with E-state index in [0.29, 0.717) is 34.4 Å². The van der Waals surface area contributed by atoms with Crippen molar-refractivity contribution in [3.63, 3.8) is 0 Å². The van der Waals surface area contributed by atoms with Gasteiger partial charge in [0.1, 0.15) is 22.8 Å². The summed E-state index contributed by atoms with van der Waals surface area (Å²) in [5.41, 5.74) is 3.41. The Morgan fingerprint density at radius 2 is 1.98 bits per heavy atom. The minimum absolute atomic E-state index is 0.00162. The van der Waals surface area contributed by atoms with Crippen molar-refractivity contribution in [1.82, 2.24) is 19.4 Å². The van der Waals surface area contributed by atoms with Gasteiger partial charge in [0, 0.05) is 25.3 Å². The molecule has 0 aliphatic carbocycles. The Hall–Kier alpha value is -3.86. The van der Waals surface area contributed by atoms with Crippen molar-refractivity contribution in [2.24, 2.45) is 0 Å². The molecule has 3 aliphatic heterocycles. The Balaban J connectivity index is 1.12. The number of aromatic nitrogens is 3. The summed E-state index contributed by atoms with van der Waals surface area (Å²) in [6, 6.07) is 13.0. The van der Waals surface area contributed by atoms with Crippen LogP contribution < -0.4 is 14.2 Å². The number of imidazole rings is 1. The molecular weight excluding hydrogens is 584 g/mol. The molecule has 10 nitrogen and oxygen atoms in total. The molecule has 44 heavy (non-hydrogen) atoms. The number of aromatic carboxylic acids is 1. The van der Waals surface area contributed by atoms with Gasteiger partial charge in [0.05, 0.1) is 41.9 Å². The third-order valence-electron chi connectivity index (χ3n) is 9.19. The highest BCUT2D eigenvalue weighted by Gasteiger charge is 2.42. The fourth-order valence-corrected chi connectivity index (χ4v) is 6.72. The highest BCUT2D eigenvalue weighted by Crippen LogP contribution is 2.49. The fourth-order valence-electron chi connectivity index (χ4n) is 6.61. The number of hydrogen-bond acceptors (Lipinski definition) is 8. The zero-order valence-electron chi connectivity index (χ0n) is 25.0. The lowest BCUT2D eigenvalue weighted by atomic mass is 9.88. The van der Waals surface area contributed by atoms with Gasteiger partial charge in [-0.3, -0.25) is 9.88 Å². The summed E-state index contributed by atoms with van der Waals surface area (Å²) in [6.07, 6.45) is 4.54. The van der Waals surface area contributed by atoms with Gasteiger partial charge in [0.25, 0.3) is 5.79 Å². The average molecular weight is 619 g/mol. The second-order valence-corrected chi connectivity index (χ2v) is 12.3. The van der Waals surface area contributed by atoms with Crippen LogP contribution in [-0.4, -0.2) is 63.4 Å². The number of halogens is 1. The van der Waals surface area contributed by atoms with E-state index in [0.717, 1.165) is 67.4 Å². The number of benzene rings is 2. The van der Waals surface area contributed by atoms with Crippen molar-refractivity contribution in [2.45, 2.75) is 63.5 Å². The SMILES string of the molecule is COc1cc(C(=O)O)cc2c1nc(C(C)N1CCC(c3cccc4c3OC(C)(c3ccc(Cl)cn3)O4)CC1)n2C[C@@H]1CCO1. The van der Waals surface area contributed by atoms with Gasteiger partial charge in [-0.15, -0.1) is 0 Å². The minimum atomic E-state index is -1.02. The number of nitrogens with zero attached hydrogens (tertiary/aromatic N) is 4. The predicted molar refractivity (Wildman–Crippen MR) is 164 cm³/mol. The van der Waals surface area contributed by atoms with Crippen LogP contribution >= 0.6 is 11.6 Å². The summed E-state index contributed by atoms with van der Waals surface area (Å²) in [6.45, 7) is 7.15. The molecule has 5 heterocycles. The maximum atomic E-state index is 11.9. The molecule has 0 saturated carbocycles. The standard InChI is InChI=1S/C33H35ClN4O6/c1-19(31-36-29-25(38(31)18-23-11-14-42-23)15-21(32(39)40)16-27(29)41-3)37-12-9-20(10-13-37)24-5-4-6-26-30(24)44-33(2,43-26)28-8-7-22(34)17-35-28/h4-8,15-17,19-20,23H,9-14,18H2,1-3H3,(H,39,40)/t19?,23-,33?/m0/s1. The van der Waals surface area contributed by atoms with Crippen LogP contribution in [0.15, 0.2) is 48.7 Å².